The third-order valence-electron chi connectivity index (χ3n) is 5.78. The van der Waals surface area contributed by atoms with Crippen molar-refractivity contribution in [1.29, 1.82) is 0 Å². The van der Waals surface area contributed by atoms with Crippen LogP contribution in [0.2, 0.25) is 0 Å². The van der Waals surface area contributed by atoms with Crippen molar-refractivity contribution in [3.05, 3.63) is 100 Å². The van der Waals surface area contributed by atoms with E-state index < -0.39 is 0 Å². The zero-order valence-corrected chi connectivity index (χ0v) is 24.1. The summed E-state index contributed by atoms with van der Waals surface area (Å²) in [4.78, 5) is 65.9. The molecule has 0 aromatic heterocycles. The molecule has 0 saturated carbocycles. The lowest BCUT2D eigenvalue weighted by Gasteiger charge is -2.03. The highest BCUT2D eigenvalue weighted by Crippen LogP contribution is 2.13. The predicted octanol–water partition coefficient (Wildman–Crippen LogP) is 6.60. The number of hydrogen-bond acceptors (Lipinski definition) is 7. The molecule has 0 spiro atoms. The molecule has 0 aliphatic carbocycles. The van der Waals surface area contributed by atoms with Gasteiger partial charge in [-0.2, -0.15) is 0 Å². The van der Waals surface area contributed by atoms with E-state index in [9.17, 15) is 28.8 Å². The molecule has 0 N–H and O–H groups in total. The minimum absolute atomic E-state index is 0.0186. The zero-order chi connectivity index (χ0) is 30.4. The predicted molar refractivity (Wildman–Crippen MR) is 155 cm³/mol. The van der Waals surface area contributed by atoms with Gasteiger partial charge in [0.25, 0.3) is 0 Å². The fourth-order valence-corrected chi connectivity index (χ4v) is 3.29. The number of carbonyl (C=O) groups excluding carboxylic acids is 6. The molecule has 0 fully saturated rings. The Morgan fingerprint density at radius 3 is 1.07 bits per heavy atom. The Morgan fingerprint density at radius 2 is 0.825 bits per heavy atom. The molecule has 210 valence electrons. The van der Waals surface area contributed by atoms with E-state index in [1.54, 1.807) is 38.3 Å². The second kappa shape index (κ2) is 16.4. The average molecular weight is 545 g/mol. The number of hydrogen-bond donors (Lipinski definition) is 0. The number of carbonyl (C=O) groups is 6. The van der Waals surface area contributed by atoms with Gasteiger partial charge in [0.15, 0.2) is 28.9 Å². The third kappa shape index (κ3) is 11.9. The molecule has 0 atom stereocenters. The van der Waals surface area contributed by atoms with Crippen LogP contribution >= 0.6 is 0 Å². The molecule has 0 radical (unpaired) electrons. The van der Waals surface area contributed by atoms with Crippen LogP contribution in [0.25, 0.3) is 0 Å². The molecule has 40 heavy (non-hydrogen) atoms. The van der Waals surface area contributed by atoms with Crippen molar-refractivity contribution < 1.29 is 33.5 Å². The van der Waals surface area contributed by atoms with Gasteiger partial charge in [0, 0.05) is 34.2 Å². The molecule has 0 bridgehead atoms. The molecule has 3 rings (SSSR count). The summed E-state index contributed by atoms with van der Waals surface area (Å²) in [5.41, 5.74) is 3.64. The Balaban J connectivity index is 0.000000302. The first-order valence-corrected chi connectivity index (χ1v) is 12.7. The summed E-state index contributed by atoms with van der Waals surface area (Å²) < 4.78 is 5.03. The maximum Gasteiger partial charge on any atom is 0.159 e. The van der Waals surface area contributed by atoms with Crippen molar-refractivity contribution in [3.63, 3.8) is 0 Å². The lowest BCUT2D eigenvalue weighted by atomic mass is 10.00. The van der Waals surface area contributed by atoms with Gasteiger partial charge in [-0.25, -0.2) is 0 Å². The average Bonchev–Trinajstić information content (AvgIpc) is 2.92. The van der Waals surface area contributed by atoms with Gasteiger partial charge in [-0.05, 0) is 83.9 Å². The van der Waals surface area contributed by atoms with Gasteiger partial charge >= 0.3 is 0 Å². The fourth-order valence-electron chi connectivity index (χ4n) is 3.29. The topological polar surface area (TPSA) is 112 Å². The Hall–Kier alpha value is -4.52. The van der Waals surface area contributed by atoms with E-state index in [2.05, 4.69) is 0 Å². The summed E-state index contributed by atoms with van der Waals surface area (Å²) in [5.74, 6) is 0.666. The number of rotatable bonds is 9. The lowest BCUT2D eigenvalue weighted by molar-refractivity contribution is -0.117. The van der Waals surface area contributed by atoms with Crippen LogP contribution in [0.4, 0.5) is 0 Å². The summed E-state index contributed by atoms with van der Waals surface area (Å²) in [6, 6.07) is 19.0. The SMILES string of the molecule is CC(=O)c1cc(C(C)=O)cc(C(C)=O)c1.CC(=O)c1ccc(C(C)=O)cc1.COc1ccc(CCC(C)=O)cc1. The molecule has 3 aromatic rings. The van der Waals surface area contributed by atoms with Crippen molar-refractivity contribution >= 4 is 34.7 Å². The van der Waals surface area contributed by atoms with E-state index >= 15 is 0 Å². The van der Waals surface area contributed by atoms with Crippen LogP contribution in [-0.2, 0) is 11.2 Å². The van der Waals surface area contributed by atoms with Crippen LogP contribution in [0.5, 0.6) is 5.75 Å². The van der Waals surface area contributed by atoms with E-state index in [1.165, 1.54) is 58.4 Å². The van der Waals surface area contributed by atoms with Crippen LogP contribution in [0.3, 0.4) is 0 Å². The van der Waals surface area contributed by atoms with Gasteiger partial charge in [0.05, 0.1) is 7.11 Å². The van der Waals surface area contributed by atoms with Gasteiger partial charge in [-0.15, -0.1) is 0 Å². The van der Waals surface area contributed by atoms with Crippen molar-refractivity contribution in [2.45, 2.75) is 54.4 Å². The minimum atomic E-state index is -0.152. The van der Waals surface area contributed by atoms with Crippen molar-refractivity contribution in [2.24, 2.45) is 0 Å². The van der Waals surface area contributed by atoms with Crippen LogP contribution in [0.1, 0.15) is 105 Å². The second-order valence-electron chi connectivity index (χ2n) is 9.21. The highest BCUT2D eigenvalue weighted by Gasteiger charge is 2.10. The lowest BCUT2D eigenvalue weighted by Crippen LogP contribution is -2.03. The van der Waals surface area contributed by atoms with Gasteiger partial charge < -0.3 is 9.53 Å². The van der Waals surface area contributed by atoms with Crippen LogP contribution in [-0.4, -0.2) is 41.8 Å². The number of ketones is 6. The van der Waals surface area contributed by atoms with E-state index in [4.69, 9.17) is 4.74 Å². The largest absolute Gasteiger partial charge is 0.497 e. The maximum atomic E-state index is 11.2. The standard InChI is InChI=1S/C12H12O3.C11H14O2.C10H10O2/c1-7(13)10-4-11(8(2)14)6-12(5-10)9(3)15;1-9(12)3-4-10-5-7-11(13-2)8-6-10;1-7(11)9-3-5-10(6-4-9)8(2)12/h4-6H,1-3H3;5-8H,3-4H2,1-2H3;3-6H,1-2H3. The molecule has 7 nitrogen and oxygen atoms in total. The number of methoxy groups -OCH3 is 1. The molecule has 0 aliphatic rings. The van der Waals surface area contributed by atoms with Crippen molar-refractivity contribution in [1.82, 2.24) is 0 Å². The van der Waals surface area contributed by atoms with Crippen molar-refractivity contribution in [2.75, 3.05) is 7.11 Å². The Labute approximate surface area is 235 Å². The molecule has 0 unspecified atom stereocenters. The number of aryl methyl sites for hydroxylation is 1. The summed E-state index contributed by atoms with van der Waals surface area (Å²) in [5, 5.41) is 0. The van der Waals surface area contributed by atoms with E-state index in [0.29, 0.717) is 34.2 Å². The van der Waals surface area contributed by atoms with E-state index in [0.717, 1.165) is 12.2 Å². The summed E-state index contributed by atoms with van der Waals surface area (Å²) in [7, 11) is 1.64. The highest BCUT2D eigenvalue weighted by molar-refractivity contribution is 6.04. The molecule has 0 aliphatic heterocycles. The quantitative estimate of drug-likeness (QED) is 0.279. The molecule has 0 heterocycles. The Morgan fingerprint density at radius 1 is 0.500 bits per heavy atom. The Bertz CT molecular complexity index is 1250. The van der Waals surface area contributed by atoms with Gasteiger partial charge in [0.1, 0.15) is 11.5 Å². The molecule has 0 amide bonds. The van der Waals surface area contributed by atoms with Crippen LogP contribution < -0.4 is 4.74 Å². The summed E-state index contributed by atoms with van der Waals surface area (Å²) >= 11 is 0. The Kier molecular flexibility index (Phi) is 13.8. The summed E-state index contributed by atoms with van der Waals surface area (Å²) in [6.07, 6.45) is 1.44. The molecular weight excluding hydrogens is 508 g/mol. The van der Waals surface area contributed by atoms with E-state index in [1.807, 2.05) is 24.3 Å². The molecule has 3 aromatic carbocycles. The first kappa shape index (κ1) is 33.5. The summed E-state index contributed by atoms with van der Waals surface area (Å²) in [6.45, 7) is 8.84. The van der Waals surface area contributed by atoms with Gasteiger partial charge in [-0.1, -0.05) is 36.4 Å². The normalized spacial score (nSPS) is 9.68. The highest BCUT2D eigenvalue weighted by atomic mass is 16.5. The molecular formula is C33H36O7. The first-order chi connectivity index (χ1) is 18.7. The molecule has 0 saturated heterocycles. The number of ether oxygens (including phenoxy) is 1. The van der Waals surface area contributed by atoms with E-state index in [-0.39, 0.29) is 34.7 Å². The van der Waals surface area contributed by atoms with Gasteiger partial charge in [-0.3, -0.25) is 24.0 Å². The third-order valence-corrected chi connectivity index (χ3v) is 5.78. The molecule has 7 heteroatoms. The maximum absolute atomic E-state index is 11.2. The smallest absolute Gasteiger partial charge is 0.159 e. The zero-order valence-electron chi connectivity index (χ0n) is 24.1. The van der Waals surface area contributed by atoms with Crippen LogP contribution in [0.15, 0.2) is 66.7 Å². The fraction of sp³-hybridized carbons (Fsp3) is 0.273. The van der Waals surface area contributed by atoms with Crippen molar-refractivity contribution in [3.8, 4) is 5.75 Å². The second-order valence-corrected chi connectivity index (χ2v) is 9.21. The minimum Gasteiger partial charge on any atom is -0.497 e. The monoisotopic (exact) mass is 544 g/mol. The van der Waals surface area contributed by atoms with Gasteiger partial charge in [0.2, 0.25) is 0 Å². The first-order valence-electron chi connectivity index (χ1n) is 12.7. The van der Waals surface area contributed by atoms with Crippen LogP contribution in [0, 0.1) is 0 Å². The number of Topliss-reactive ketones (excluding diaryl/α,β-unsaturated/α-hetero) is 6. The number of benzene rings is 3.